The molecule has 1 heterocycles. The molecule has 0 fully saturated rings. The van der Waals surface area contributed by atoms with Crippen LogP contribution in [-0.2, 0) is 0 Å². The fourth-order valence-electron chi connectivity index (χ4n) is 4.91. The number of methoxy groups -OCH3 is 1. The first kappa shape index (κ1) is 26.4. The highest BCUT2D eigenvalue weighted by molar-refractivity contribution is 7.73. The number of para-hydroxylation sites is 3. The summed E-state index contributed by atoms with van der Waals surface area (Å²) in [7, 11) is -0.651. The highest BCUT2D eigenvalue weighted by Gasteiger charge is 2.23. The van der Waals surface area contributed by atoms with Gasteiger partial charge in [-0.1, -0.05) is 115 Å². The molecule has 0 saturated carbocycles. The predicted octanol–water partition coefficient (Wildman–Crippen LogP) is 8.99. The number of fused-ring (bicyclic) bond motifs is 3. The van der Waals surface area contributed by atoms with Crippen LogP contribution in [0.3, 0.4) is 0 Å². The summed E-state index contributed by atoms with van der Waals surface area (Å²) in [5.41, 5.74) is 2.64. The van der Waals surface area contributed by atoms with E-state index in [1.54, 1.807) is 7.11 Å². The standard InChI is InChI=1S/C34H30O4P2/c1-35-33-22-12-13-23-34(33)39(27-16-6-3-7-17-27)25-24-30(26-14-4-2-5-15-26)36-40-37-31-20-10-8-18-28(31)29-19-9-11-21-32(29)38-40/h2-23,30H,24-25H2,1H3/t30-,39?/m0/s1. The fourth-order valence-corrected chi connectivity index (χ4v) is 8.61. The van der Waals surface area contributed by atoms with Gasteiger partial charge in [0.2, 0.25) is 0 Å². The molecule has 6 aromatic rings. The molecule has 0 spiro atoms. The maximum atomic E-state index is 6.75. The summed E-state index contributed by atoms with van der Waals surface area (Å²) in [6, 6.07) is 45.5. The van der Waals surface area contributed by atoms with Gasteiger partial charge in [-0.3, -0.25) is 4.52 Å². The number of ether oxygens (including phenoxy) is 1. The van der Waals surface area contributed by atoms with E-state index < -0.39 is 16.2 Å². The summed E-state index contributed by atoms with van der Waals surface area (Å²) in [6.07, 6.45) is 1.49. The first-order valence-corrected chi connectivity index (χ1v) is 15.9. The number of hydrogen-bond donors (Lipinski definition) is 0. The Balaban J connectivity index is 1.39. The monoisotopic (exact) mass is 564 g/mol. The van der Waals surface area contributed by atoms with Crippen molar-refractivity contribution < 1.29 is 17.7 Å². The van der Waals surface area contributed by atoms with Gasteiger partial charge in [0.1, 0.15) is 16.9 Å². The Morgan fingerprint density at radius 1 is 0.650 bits per heavy atom. The highest BCUT2D eigenvalue weighted by atomic mass is 31.1. The third-order valence-corrected chi connectivity index (χ3v) is 10.5. The molecule has 0 aliphatic heterocycles. The topological polar surface area (TPSA) is 44.7 Å². The molecule has 0 aliphatic carbocycles. The van der Waals surface area contributed by atoms with E-state index in [0.29, 0.717) is 0 Å². The average molecular weight is 565 g/mol. The highest BCUT2D eigenvalue weighted by Crippen LogP contribution is 2.42. The molecule has 40 heavy (non-hydrogen) atoms. The summed E-state index contributed by atoms with van der Waals surface area (Å²) in [4.78, 5) is 0. The smallest absolute Gasteiger partial charge is 0.388 e. The SMILES string of the molecule is COc1ccccc1P(CC[C@H](Op1oc2ccccc2c2ccccc2o1)c1ccccc1)c1ccccc1. The minimum atomic E-state index is -1.70. The molecule has 1 unspecified atom stereocenters. The van der Waals surface area contributed by atoms with Crippen molar-refractivity contribution >= 4 is 48.7 Å². The second-order valence-corrected chi connectivity index (χ2v) is 12.7. The average Bonchev–Trinajstić information content (AvgIpc) is 3.18. The van der Waals surface area contributed by atoms with Gasteiger partial charge in [0.15, 0.2) is 0 Å². The molecule has 0 N–H and O–H groups in total. The van der Waals surface area contributed by atoms with Crippen LogP contribution in [0.4, 0.5) is 0 Å². The Labute approximate surface area is 236 Å². The summed E-state index contributed by atoms with van der Waals surface area (Å²) >= 11 is 0. The summed E-state index contributed by atoms with van der Waals surface area (Å²) in [5.74, 6) is 0.919. The second-order valence-electron chi connectivity index (χ2n) is 9.35. The van der Waals surface area contributed by atoms with E-state index in [9.17, 15) is 0 Å². The molecule has 0 amide bonds. The van der Waals surface area contributed by atoms with Crippen LogP contribution < -0.4 is 19.9 Å². The zero-order chi connectivity index (χ0) is 27.1. The van der Waals surface area contributed by atoms with Crippen LogP contribution in [0.2, 0.25) is 0 Å². The summed E-state index contributed by atoms with van der Waals surface area (Å²) < 4.78 is 25.4. The van der Waals surface area contributed by atoms with E-state index >= 15 is 0 Å². The van der Waals surface area contributed by atoms with Crippen LogP contribution >= 0.6 is 16.2 Å². The van der Waals surface area contributed by atoms with Crippen molar-refractivity contribution in [2.45, 2.75) is 12.5 Å². The first-order chi connectivity index (χ1) is 19.8. The molecule has 0 bridgehead atoms. The zero-order valence-electron chi connectivity index (χ0n) is 22.2. The molecular formula is C34H30O4P2. The van der Waals surface area contributed by atoms with Gasteiger partial charge in [-0.15, -0.1) is 0 Å². The van der Waals surface area contributed by atoms with Gasteiger partial charge >= 0.3 is 8.24 Å². The molecular weight excluding hydrogens is 534 g/mol. The van der Waals surface area contributed by atoms with Gasteiger partial charge in [0.25, 0.3) is 0 Å². The van der Waals surface area contributed by atoms with Crippen molar-refractivity contribution in [2.75, 3.05) is 13.3 Å². The van der Waals surface area contributed by atoms with Crippen molar-refractivity contribution in [1.29, 1.82) is 0 Å². The third-order valence-electron chi connectivity index (χ3n) is 6.85. The van der Waals surface area contributed by atoms with Gasteiger partial charge in [-0.25, -0.2) is 0 Å². The molecule has 6 rings (SSSR count). The van der Waals surface area contributed by atoms with E-state index in [0.717, 1.165) is 45.8 Å². The molecule has 0 radical (unpaired) electrons. The Hall–Kier alpha value is -3.81. The van der Waals surface area contributed by atoms with E-state index in [-0.39, 0.29) is 6.10 Å². The lowest BCUT2D eigenvalue weighted by Crippen LogP contribution is -2.18. The lowest BCUT2D eigenvalue weighted by Gasteiger charge is -2.23. The van der Waals surface area contributed by atoms with Gasteiger partial charge in [-0.05, 0) is 49.6 Å². The van der Waals surface area contributed by atoms with Crippen LogP contribution in [0.25, 0.3) is 21.9 Å². The van der Waals surface area contributed by atoms with Crippen molar-refractivity contribution in [3.05, 3.63) is 139 Å². The molecule has 200 valence electrons. The summed E-state index contributed by atoms with van der Waals surface area (Å²) in [5, 5.41) is 4.55. The molecule has 2 atom stereocenters. The van der Waals surface area contributed by atoms with Gasteiger partial charge in [0.05, 0.1) is 13.2 Å². The van der Waals surface area contributed by atoms with Crippen LogP contribution in [0, 0.1) is 0 Å². The molecule has 6 heteroatoms. The Morgan fingerprint density at radius 3 is 1.85 bits per heavy atom. The van der Waals surface area contributed by atoms with Crippen LogP contribution in [0.15, 0.2) is 142 Å². The minimum absolute atomic E-state index is 0.215. The fraction of sp³-hybridized carbons (Fsp3) is 0.118. The normalized spacial score (nSPS) is 12.7. The Morgan fingerprint density at radius 2 is 1.20 bits per heavy atom. The van der Waals surface area contributed by atoms with Crippen molar-refractivity contribution in [2.24, 2.45) is 0 Å². The van der Waals surface area contributed by atoms with E-state index in [4.69, 9.17) is 17.7 Å². The van der Waals surface area contributed by atoms with Gasteiger partial charge < -0.3 is 13.1 Å². The van der Waals surface area contributed by atoms with Crippen molar-refractivity contribution in [3.63, 3.8) is 0 Å². The van der Waals surface area contributed by atoms with Gasteiger partial charge in [-0.2, -0.15) is 0 Å². The predicted molar refractivity (Wildman–Crippen MR) is 167 cm³/mol. The zero-order valence-corrected chi connectivity index (χ0v) is 24.0. The lowest BCUT2D eigenvalue weighted by molar-refractivity contribution is 0.258. The van der Waals surface area contributed by atoms with Crippen molar-refractivity contribution in [1.82, 2.24) is 0 Å². The number of benzene rings is 5. The molecule has 4 nitrogen and oxygen atoms in total. The quantitative estimate of drug-likeness (QED) is 0.164. The summed E-state index contributed by atoms with van der Waals surface area (Å²) in [6.45, 7) is 0. The molecule has 0 aliphatic rings. The molecule has 1 aromatic heterocycles. The molecule has 0 saturated heterocycles. The Kier molecular flexibility index (Phi) is 8.31. The number of hydrogen-bond acceptors (Lipinski definition) is 4. The number of rotatable bonds is 9. The first-order valence-electron chi connectivity index (χ1n) is 13.3. The van der Waals surface area contributed by atoms with E-state index in [1.165, 1.54) is 10.6 Å². The second kappa shape index (κ2) is 12.6. The molecule has 5 aromatic carbocycles. The minimum Gasteiger partial charge on any atom is -0.496 e. The lowest BCUT2D eigenvalue weighted by atomic mass is 10.1. The van der Waals surface area contributed by atoms with E-state index in [2.05, 4.69) is 78.9 Å². The maximum absolute atomic E-state index is 6.75. The van der Waals surface area contributed by atoms with Crippen molar-refractivity contribution in [3.8, 4) is 5.75 Å². The van der Waals surface area contributed by atoms with Gasteiger partial charge in [0, 0.05) is 16.1 Å². The third kappa shape index (κ3) is 5.86. The maximum Gasteiger partial charge on any atom is 0.388 e. The van der Waals surface area contributed by atoms with Crippen LogP contribution in [0.1, 0.15) is 18.1 Å². The van der Waals surface area contributed by atoms with E-state index in [1.807, 2.05) is 54.6 Å². The largest absolute Gasteiger partial charge is 0.496 e. The Bertz CT molecular complexity index is 1680. The van der Waals surface area contributed by atoms with Crippen LogP contribution in [-0.4, -0.2) is 13.3 Å². The van der Waals surface area contributed by atoms with Crippen LogP contribution in [0.5, 0.6) is 5.75 Å².